The number of carbonyl (C=O) groups excluding carboxylic acids is 1. The summed E-state index contributed by atoms with van der Waals surface area (Å²) in [6.45, 7) is 11.1. The van der Waals surface area contributed by atoms with Crippen molar-refractivity contribution in [3.05, 3.63) is 0 Å². The van der Waals surface area contributed by atoms with E-state index in [2.05, 4.69) is 0 Å². The van der Waals surface area contributed by atoms with Gasteiger partial charge < -0.3 is 18.0 Å². The quantitative estimate of drug-likeness (QED) is 0.236. The molecular weight excluding hydrogens is 312 g/mol. The first-order valence-corrected chi connectivity index (χ1v) is 9.90. The van der Waals surface area contributed by atoms with Gasteiger partial charge in [-0.25, -0.2) is 0 Å². The van der Waals surface area contributed by atoms with E-state index < -0.39 is 19.6 Å². The van der Waals surface area contributed by atoms with Crippen molar-refractivity contribution in [2.45, 2.75) is 58.4 Å². The first kappa shape index (κ1) is 20.9. The van der Waals surface area contributed by atoms with Gasteiger partial charge in [0.2, 0.25) is 0 Å². The highest BCUT2D eigenvalue weighted by molar-refractivity contribution is 6.60. The van der Waals surface area contributed by atoms with Crippen molar-refractivity contribution in [2.75, 3.05) is 26.4 Å². The van der Waals surface area contributed by atoms with Crippen LogP contribution in [0.3, 0.4) is 0 Å². The van der Waals surface area contributed by atoms with E-state index in [0.717, 1.165) is 18.9 Å². The van der Waals surface area contributed by atoms with Crippen molar-refractivity contribution >= 4 is 26.4 Å². The van der Waals surface area contributed by atoms with Crippen molar-refractivity contribution in [1.82, 2.24) is 0 Å². The Kier molecular flexibility index (Phi) is 10.5. The molecule has 0 aromatic carbocycles. The Morgan fingerprint density at radius 3 is 1.86 bits per heavy atom. The molecule has 21 heavy (non-hydrogen) atoms. The molecule has 0 amide bonds. The van der Waals surface area contributed by atoms with Crippen LogP contribution in [0.25, 0.3) is 0 Å². The first-order valence-electron chi connectivity index (χ1n) is 7.59. The minimum absolute atomic E-state index is 0.351. The molecule has 0 rings (SSSR count). The highest BCUT2D eigenvalue weighted by Crippen LogP contribution is 2.20. The molecule has 0 radical (unpaired) electrons. The molecule has 0 spiro atoms. The number of carbonyl (C=O) groups is 1. The van der Waals surface area contributed by atoms with Crippen LogP contribution in [0.4, 0.5) is 0 Å². The van der Waals surface area contributed by atoms with Crippen LogP contribution in [0.2, 0.25) is 6.04 Å². The number of esters is 1. The molecule has 0 fully saturated rings. The van der Waals surface area contributed by atoms with E-state index in [0.29, 0.717) is 26.4 Å². The van der Waals surface area contributed by atoms with E-state index in [-0.39, 0.29) is 0 Å². The molecule has 0 heterocycles. The third-order valence-electron chi connectivity index (χ3n) is 2.69. The second kappa shape index (κ2) is 10.6. The van der Waals surface area contributed by atoms with E-state index in [1.54, 1.807) is 13.8 Å². The van der Waals surface area contributed by atoms with E-state index >= 15 is 0 Å². The number of alkyl halides is 1. The van der Waals surface area contributed by atoms with Gasteiger partial charge in [0.05, 0.1) is 6.61 Å². The lowest BCUT2D eigenvalue weighted by molar-refractivity contribution is -0.146. The molecule has 0 unspecified atom stereocenters. The van der Waals surface area contributed by atoms with Gasteiger partial charge in [-0.3, -0.25) is 4.79 Å². The molecule has 126 valence electrons. The molecule has 0 bridgehead atoms. The summed E-state index contributed by atoms with van der Waals surface area (Å²) >= 11 is 5.87. The number of hydrogen-bond donors (Lipinski definition) is 0. The number of halogens is 1. The maximum atomic E-state index is 11.5. The summed E-state index contributed by atoms with van der Waals surface area (Å²) in [4.78, 5) is 10.5. The average Bonchev–Trinajstić information content (AvgIpc) is 2.38. The topological polar surface area (TPSA) is 54.0 Å². The smallest absolute Gasteiger partial charge is 0.464 e. The zero-order chi connectivity index (χ0) is 16.4. The molecule has 0 aromatic rings. The fraction of sp³-hybridized carbons (Fsp3) is 0.929. The predicted octanol–water partition coefficient (Wildman–Crippen LogP) is 3.38. The van der Waals surface area contributed by atoms with Gasteiger partial charge in [-0.1, -0.05) is 0 Å². The molecule has 0 aliphatic rings. The fourth-order valence-electron chi connectivity index (χ4n) is 1.78. The van der Waals surface area contributed by atoms with E-state index in [9.17, 15) is 4.79 Å². The lowest BCUT2D eigenvalue weighted by Crippen LogP contribution is -2.45. The van der Waals surface area contributed by atoms with E-state index in [1.165, 1.54) is 0 Å². The maximum absolute atomic E-state index is 11.5. The van der Waals surface area contributed by atoms with Crippen LogP contribution in [0.5, 0.6) is 0 Å². The summed E-state index contributed by atoms with van der Waals surface area (Å²) in [7, 11) is -2.58. The van der Waals surface area contributed by atoms with E-state index in [4.69, 9.17) is 29.6 Å². The Balaban J connectivity index is 4.16. The number of rotatable bonds is 12. The van der Waals surface area contributed by atoms with Gasteiger partial charge in [0, 0.05) is 25.9 Å². The van der Waals surface area contributed by atoms with Crippen LogP contribution in [-0.2, 0) is 22.8 Å². The summed E-state index contributed by atoms with van der Waals surface area (Å²) in [6, 6.07) is 0.727. The third-order valence-corrected chi connectivity index (χ3v) is 5.99. The SMILES string of the molecule is CCO[Si](CCCCOC(=O)C(C)(C)Cl)(OCC)OCC. The molecule has 0 aromatic heterocycles. The minimum Gasteiger partial charge on any atom is -0.464 e. The highest BCUT2D eigenvalue weighted by atomic mass is 35.5. The zero-order valence-electron chi connectivity index (χ0n) is 13.9. The zero-order valence-corrected chi connectivity index (χ0v) is 15.6. The predicted molar refractivity (Wildman–Crippen MR) is 85.6 cm³/mol. The second-order valence-corrected chi connectivity index (χ2v) is 8.72. The summed E-state index contributed by atoms with van der Waals surface area (Å²) < 4.78 is 22.4. The lowest BCUT2D eigenvalue weighted by atomic mass is 10.2. The lowest BCUT2D eigenvalue weighted by Gasteiger charge is -2.28. The summed E-state index contributed by atoms with van der Waals surface area (Å²) in [5.41, 5.74) is 0. The monoisotopic (exact) mass is 340 g/mol. The summed E-state index contributed by atoms with van der Waals surface area (Å²) in [5, 5.41) is 0. The largest absolute Gasteiger partial charge is 0.500 e. The molecule has 0 saturated heterocycles. The molecular formula is C14H29ClO5Si. The van der Waals surface area contributed by atoms with Crippen LogP contribution in [0.1, 0.15) is 47.5 Å². The van der Waals surface area contributed by atoms with Gasteiger partial charge in [0.25, 0.3) is 0 Å². The maximum Gasteiger partial charge on any atom is 0.500 e. The summed E-state index contributed by atoms with van der Waals surface area (Å²) in [6.07, 6.45) is 1.56. The van der Waals surface area contributed by atoms with Crippen molar-refractivity contribution in [3.63, 3.8) is 0 Å². The average molecular weight is 341 g/mol. The van der Waals surface area contributed by atoms with Crippen molar-refractivity contribution < 1.29 is 22.8 Å². The second-order valence-electron chi connectivity index (χ2n) is 5.05. The van der Waals surface area contributed by atoms with Crippen LogP contribution in [0.15, 0.2) is 0 Å². The van der Waals surface area contributed by atoms with E-state index in [1.807, 2.05) is 20.8 Å². The van der Waals surface area contributed by atoms with Crippen molar-refractivity contribution in [2.24, 2.45) is 0 Å². The van der Waals surface area contributed by atoms with Gasteiger partial charge in [-0.05, 0) is 47.5 Å². The Morgan fingerprint density at radius 1 is 1.00 bits per heavy atom. The van der Waals surface area contributed by atoms with Crippen LogP contribution < -0.4 is 0 Å². The Labute approximate surface area is 134 Å². The Hall–Kier alpha value is -0.143. The minimum atomic E-state index is -2.58. The molecule has 5 nitrogen and oxygen atoms in total. The highest BCUT2D eigenvalue weighted by Gasteiger charge is 2.39. The molecule has 0 saturated carbocycles. The normalized spacial score (nSPS) is 12.5. The first-order chi connectivity index (χ1) is 9.81. The molecule has 7 heteroatoms. The van der Waals surface area contributed by atoms with Crippen LogP contribution in [0, 0.1) is 0 Å². The van der Waals surface area contributed by atoms with Crippen molar-refractivity contribution in [1.29, 1.82) is 0 Å². The number of ether oxygens (including phenoxy) is 1. The van der Waals surface area contributed by atoms with Crippen LogP contribution in [-0.4, -0.2) is 46.1 Å². The molecule has 0 atom stereocenters. The number of hydrogen-bond acceptors (Lipinski definition) is 5. The third kappa shape index (κ3) is 8.78. The summed E-state index contributed by atoms with van der Waals surface area (Å²) in [5.74, 6) is -0.396. The van der Waals surface area contributed by atoms with Crippen LogP contribution >= 0.6 is 11.6 Å². The van der Waals surface area contributed by atoms with Gasteiger partial charge in [0.15, 0.2) is 0 Å². The molecule has 0 aliphatic carbocycles. The molecule has 0 N–H and O–H groups in total. The van der Waals surface area contributed by atoms with Gasteiger partial charge >= 0.3 is 14.8 Å². The van der Waals surface area contributed by atoms with Gasteiger partial charge in [-0.2, -0.15) is 0 Å². The number of unbranched alkanes of at least 4 members (excludes halogenated alkanes) is 1. The van der Waals surface area contributed by atoms with Gasteiger partial charge in [-0.15, -0.1) is 11.6 Å². The van der Waals surface area contributed by atoms with Crippen molar-refractivity contribution in [3.8, 4) is 0 Å². The van der Waals surface area contributed by atoms with Gasteiger partial charge in [0.1, 0.15) is 4.87 Å². The molecule has 0 aliphatic heterocycles. The standard InChI is InChI=1S/C14H29ClO5Si/c1-6-18-21(19-7-2,20-8-3)12-10-9-11-17-13(16)14(4,5)15/h6-12H2,1-5H3. The Morgan fingerprint density at radius 2 is 1.48 bits per heavy atom. The Bertz CT molecular complexity index is 277. The fourth-order valence-corrected chi connectivity index (χ4v) is 4.52.